The molecule has 5 heteroatoms. The minimum absolute atomic E-state index is 0.0218. The summed E-state index contributed by atoms with van der Waals surface area (Å²) < 4.78 is 55.5. The molecule has 0 heterocycles. The van der Waals surface area contributed by atoms with Gasteiger partial charge < -0.3 is 9.47 Å². The molecule has 2 nitrogen and oxygen atoms in total. The number of aryl methyl sites for hydroxylation is 1. The zero-order valence-corrected chi connectivity index (χ0v) is 21.2. The second kappa shape index (κ2) is 12.4. The first kappa shape index (κ1) is 26.3. The lowest BCUT2D eigenvalue weighted by Crippen LogP contribution is -2.21. The number of ether oxygens (including phenoxy) is 2. The van der Waals surface area contributed by atoms with Crippen molar-refractivity contribution in [3.8, 4) is 16.9 Å². The van der Waals surface area contributed by atoms with Crippen molar-refractivity contribution < 1.29 is 22.6 Å². The summed E-state index contributed by atoms with van der Waals surface area (Å²) >= 11 is 0. The summed E-state index contributed by atoms with van der Waals surface area (Å²) in [6.45, 7) is 4.64. The Labute approximate surface area is 212 Å². The molecule has 0 atom stereocenters. The lowest BCUT2D eigenvalue weighted by molar-refractivity contribution is 0.0119. The van der Waals surface area contributed by atoms with Gasteiger partial charge in [0.15, 0.2) is 23.2 Å². The van der Waals surface area contributed by atoms with Gasteiger partial charge in [0, 0.05) is 11.1 Å². The molecule has 0 saturated heterocycles. The van der Waals surface area contributed by atoms with Gasteiger partial charge in [-0.15, -0.1) is 0 Å². The molecule has 0 spiro atoms. The molecule has 0 aliphatic heterocycles. The highest BCUT2D eigenvalue weighted by Crippen LogP contribution is 2.36. The molecule has 1 aliphatic carbocycles. The van der Waals surface area contributed by atoms with E-state index >= 15 is 0 Å². The van der Waals surface area contributed by atoms with Gasteiger partial charge in [-0.05, 0) is 68.2 Å². The van der Waals surface area contributed by atoms with Gasteiger partial charge in [0.25, 0.3) is 0 Å². The van der Waals surface area contributed by atoms with Crippen LogP contribution in [0.4, 0.5) is 13.2 Å². The van der Waals surface area contributed by atoms with Crippen LogP contribution in [0, 0.1) is 24.4 Å². The summed E-state index contributed by atoms with van der Waals surface area (Å²) in [5.41, 5.74) is 3.17. The number of rotatable bonds is 10. The van der Waals surface area contributed by atoms with E-state index in [2.05, 4.69) is 6.92 Å². The average Bonchev–Trinajstić information content (AvgIpc) is 2.89. The van der Waals surface area contributed by atoms with E-state index in [1.165, 1.54) is 0 Å². The Kier molecular flexibility index (Phi) is 9.08. The van der Waals surface area contributed by atoms with E-state index in [0.29, 0.717) is 17.9 Å². The largest absolute Gasteiger partial charge is 0.491 e. The topological polar surface area (TPSA) is 18.5 Å². The Hall–Kier alpha value is -2.79. The first-order valence-electron chi connectivity index (χ1n) is 13.0. The van der Waals surface area contributed by atoms with Crippen LogP contribution in [0.25, 0.3) is 11.1 Å². The third-order valence-corrected chi connectivity index (χ3v) is 7.11. The predicted molar refractivity (Wildman–Crippen MR) is 138 cm³/mol. The SMILES string of the molecule is CCCCCOc1ccc(C2CCC(OCc3ccc(-c4ccc(C)cc4)c(F)c3F)CC2)cc1F. The third kappa shape index (κ3) is 6.50. The van der Waals surface area contributed by atoms with Crippen molar-refractivity contribution in [1.82, 2.24) is 0 Å². The number of halogens is 3. The highest BCUT2D eigenvalue weighted by molar-refractivity contribution is 5.65. The average molecular weight is 497 g/mol. The fourth-order valence-electron chi connectivity index (χ4n) is 4.85. The molecule has 4 rings (SSSR count). The van der Waals surface area contributed by atoms with E-state index in [9.17, 15) is 13.2 Å². The van der Waals surface area contributed by atoms with E-state index in [1.54, 1.807) is 36.4 Å². The first-order valence-corrected chi connectivity index (χ1v) is 13.0. The van der Waals surface area contributed by atoms with Crippen molar-refractivity contribution in [2.24, 2.45) is 0 Å². The van der Waals surface area contributed by atoms with E-state index in [0.717, 1.165) is 56.1 Å². The molecule has 3 aromatic carbocycles. The van der Waals surface area contributed by atoms with Gasteiger partial charge >= 0.3 is 0 Å². The second-order valence-corrected chi connectivity index (χ2v) is 9.80. The number of hydrogen-bond acceptors (Lipinski definition) is 2. The highest BCUT2D eigenvalue weighted by Gasteiger charge is 2.24. The fraction of sp³-hybridized carbons (Fsp3) is 0.419. The van der Waals surface area contributed by atoms with Crippen LogP contribution in [0.15, 0.2) is 54.6 Å². The Morgan fingerprint density at radius 3 is 2.28 bits per heavy atom. The molecule has 1 fully saturated rings. The predicted octanol–water partition coefficient (Wildman–Crippen LogP) is 8.89. The van der Waals surface area contributed by atoms with Gasteiger partial charge in [0.05, 0.1) is 19.3 Å². The zero-order valence-electron chi connectivity index (χ0n) is 21.2. The van der Waals surface area contributed by atoms with E-state index in [-0.39, 0.29) is 35.6 Å². The monoisotopic (exact) mass is 496 g/mol. The molecule has 0 amide bonds. The molecule has 0 bridgehead atoms. The molecule has 0 unspecified atom stereocenters. The van der Waals surface area contributed by atoms with E-state index in [4.69, 9.17) is 9.47 Å². The highest BCUT2D eigenvalue weighted by atomic mass is 19.2. The van der Waals surface area contributed by atoms with E-state index in [1.807, 2.05) is 25.1 Å². The summed E-state index contributed by atoms with van der Waals surface area (Å²) in [4.78, 5) is 0. The Morgan fingerprint density at radius 2 is 1.58 bits per heavy atom. The summed E-state index contributed by atoms with van der Waals surface area (Å²) in [7, 11) is 0. The number of benzene rings is 3. The van der Waals surface area contributed by atoms with Crippen molar-refractivity contribution in [3.05, 3.63) is 88.7 Å². The van der Waals surface area contributed by atoms with Crippen molar-refractivity contribution in [2.45, 2.75) is 77.4 Å². The molecule has 1 aliphatic rings. The van der Waals surface area contributed by atoms with Crippen molar-refractivity contribution in [2.75, 3.05) is 6.61 Å². The summed E-state index contributed by atoms with van der Waals surface area (Å²) in [5.74, 6) is -1.43. The van der Waals surface area contributed by atoms with Crippen LogP contribution in [-0.2, 0) is 11.3 Å². The van der Waals surface area contributed by atoms with Gasteiger partial charge in [-0.1, -0.05) is 67.8 Å². The molecule has 1 saturated carbocycles. The van der Waals surface area contributed by atoms with Crippen molar-refractivity contribution in [3.63, 3.8) is 0 Å². The molecule has 0 aromatic heterocycles. The molecule has 36 heavy (non-hydrogen) atoms. The third-order valence-electron chi connectivity index (χ3n) is 7.11. The van der Waals surface area contributed by atoms with E-state index < -0.39 is 11.6 Å². The minimum Gasteiger partial charge on any atom is -0.491 e. The van der Waals surface area contributed by atoms with Crippen LogP contribution in [-0.4, -0.2) is 12.7 Å². The fourth-order valence-corrected chi connectivity index (χ4v) is 4.85. The van der Waals surface area contributed by atoms with Gasteiger partial charge in [-0.25, -0.2) is 13.2 Å². The van der Waals surface area contributed by atoms with Crippen LogP contribution in [0.1, 0.15) is 74.5 Å². The summed E-state index contributed by atoms with van der Waals surface area (Å²) in [5, 5.41) is 0. The molecular weight excluding hydrogens is 461 g/mol. The number of hydrogen-bond donors (Lipinski definition) is 0. The summed E-state index contributed by atoms with van der Waals surface area (Å²) in [6.07, 6.45) is 6.41. The lowest BCUT2D eigenvalue weighted by atomic mass is 9.82. The first-order chi connectivity index (χ1) is 17.5. The van der Waals surface area contributed by atoms with Gasteiger partial charge in [-0.3, -0.25) is 0 Å². The molecule has 3 aromatic rings. The van der Waals surface area contributed by atoms with Crippen LogP contribution >= 0.6 is 0 Å². The summed E-state index contributed by atoms with van der Waals surface area (Å²) in [6, 6.07) is 15.8. The molecule has 192 valence electrons. The zero-order chi connectivity index (χ0) is 25.5. The van der Waals surface area contributed by atoms with Crippen molar-refractivity contribution >= 4 is 0 Å². The maximum atomic E-state index is 14.8. The Morgan fingerprint density at radius 1 is 0.833 bits per heavy atom. The van der Waals surface area contributed by atoms with Crippen LogP contribution in [0.3, 0.4) is 0 Å². The minimum atomic E-state index is -0.853. The number of unbranched alkanes of at least 4 members (excludes halogenated alkanes) is 2. The van der Waals surface area contributed by atoms with Crippen molar-refractivity contribution in [1.29, 1.82) is 0 Å². The quantitative estimate of drug-likeness (QED) is 0.261. The lowest BCUT2D eigenvalue weighted by Gasteiger charge is -2.29. The standard InChI is InChI=1S/C31H35F3O2/c1-3-4-5-18-35-29-17-13-24(19-28(29)32)22-10-14-26(15-11-22)36-20-25-12-16-27(31(34)30(25)33)23-8-6-21(2)7-9-23/h6-9,12-13,16-17,19,22,26H,3-5,10-11,14-15,18,20H2,1-2H3. The van der Waals surface area contributed by atoms with Gasteiger partial charge in [-0.2, -0.15) is 0 Å². The Bertz CT molecular complexity index is 1140. The Balaban J connectivity index is 1.29. The maximum Gasteiger partial charge on any atom is 0.167 e. The van der Waals surface area contributed by atoms with Crippen LogP contribution in [0.2, 0.25) is 0 Å². The van der Waals surface area contributed by atoms with Gasteiger partial charge in [0.1, 0.15) is 0 Å². The van der Waals surface area contributed by atoms with Crippen LogP contribution < -0.4 is 4.74 Å². The maximum absolute atomic E-state index is 14.8. The molecule has 0 N–H and O–H groups in total. The smallest absolute Gasteiger partial charge is 0.167 e. The molecular formula is C31H35F3O2. The van der Waals surface area contributed by atoms with Gasteiger partial charge in [0.2, 0.25) is 0 Å². The normalized spacial score (nSPS) is 17.8. The second-order valence-electron chi connectivity index (χ2n) is 9.80. The molecule has 0 radical (unpaired) electrons. The van der Waals surface area contributed by atoms with Crippen LogP contribution in [0.5, 0.6) is 5.75 Å².